The number of halogens is 1. The van der Waals surface area contributed by atoms with E-state index in [1.807, 2.05) is 30.5 Å². The van der Waals surface area contributed by atoms with Gasteiger partial charge in [-0.25, -0.2) is 0 Å². The molecule has 0 bridgehead atoms. The SMILES string of the molecule is O=C(O)[C@@H](c1c[nH]c2cc(Br)ccc12)N1CCC(Cc2ccccc2)CC1. The summed E-state index contributed by atoms with van der Waals surface area (Å²) >= 11 is 3.47. The summed E-state index contributed by atoms with van der Waals surface area (Å²) in [6.07, 6.45) is 5.00. The molecule has 1 atom stereocenters. The highest BCUT2D eigenvalue weighted by Crippen LogP contribution is 2.33. The summed E-state index contributed by atoms with van der Waals surface area (Å²) in [5.41, 5.74) is 3.18. The monoisotopic (exact) mass is 426 g/mol. The number of carbonyl (C=O) groups is 1. The number of nitrogens with zero attached hydrogens (tertiary/aromatic N) is 1. The smallest absolute Gasteiger partial charge is 0.325 e. The first kappa shape index (κ1) is 18.3. The average molecular weight is 427 g/mol. The molecule has 140 valence electrons. The van der Waals surface area contributed by atoms with Gasteiger partial charge in [0, 0.05) is 27.1 Å². The van der Waals surface area contributed by atoms with Crippen LogP contribution in [0.3, 0.4) is 0 Å². The third-order valence-corrected chi connectivity index (χ3v) is 6.08. The predicted octanol–water partition coefficient (Wildman–Crippen LogP) is 5.01. The quantitative estimate of drug-likeness (QED) is 0.602. The Morgan fingerprint density at radius 1 is 1.19 bits per heavy atom. The highest BCUT2D eigenvalue weighted by Gasteiger charge is 2.32. The lowest BCUT2D eigenvalue weighted by Crippen LogP contribution is -2.40. The maximum Gasteiger partial charge on any atom is 0.325 e. The zero-order valence-electron chi connectivity index (χ0n) is 15.1. The van der Waals surface area contributed by atoms with Gasteiger partial charge in [0.25, 0.3) is 0 Å². The second-order valence-electron chi connectivity index (χ2n) is 7.34. The molecule has 4 rings (SSSR count). The van der Waals surface area contributed by atoms with Crippen LogP contribution >= 0.6 is 15.9 Å². The van der Waals surface area contributed by atoms with Crippen molar-refractivity contribution in [3.05, 3.63) is 70.3 Å². The average Bonchev–Trinajstić information content (AvgIpc) is 3.06. The van der Waals surface area contributed by atoms with Crippen LogP contribution < -0.4 is 0 Å². The summed E-state index contributed by atoms with van der Waals surface area (Å²) in [5.74, 6) is -0.155. The van der Waals surface area contributed by atoms with E-state index in [4.69, 9.17) is 0 Å². The number of aliphatic carboxylic acids is 1. The minimum absolute atomic E-state index is 0.599. The highest BCUT2D eigenvalue weighted by molar-refractivity contribution is 9.10. The third-order valence-electron chi connectivity index (χ3n) is 5.59. The fourth-order valence-corrected chi connectivity index (χ4v) is 4.56. The van der Waals surface area contributed by atoms with Gasteiger partial charge in [-0.05, 0) is 56.0 Å². The highest BCUT2D eigenvalue weighted by atomic mass is 79.9. The fraction of sp³-hybridized carbons (Fsp3) is 0.318. The van der Waals surface area contributed by atoms with Crippen molar-refractivity contribution in [3.63, 3.8) is 0 Å². The molecule has 4 nitrogen and oxygen atoms in total. The van der Waals surface area contributed by atoms with Crippen LogP contribution in [0.2, 0.25) is 0 Å². The van der Waals surface area contributed by atoms with Crippen LogP contribution in [-0.2, 0) is 11.2 Å². The van der Waals surface area contributed by atoms with E-state index in [0.29, 0.717) is 5.92 Å². The molecule has 0 aliphatic carbocycles. The Hall–Kier alpha value is -2.11. The number of likely N-dealkylation sites (tertiary alicyclic amines) is 1. The Kier molecular flexibility index (Phi) is 5.32. The number of nitrogens with one attached hydrogen (secondary N) is 1. The van der Waals surface area contributed by atoms with Crippen molar-refractivity contribution in [1.82, 2.24) is 9.88 Å². The second-order valence-corrected chi connectivity index (χ2v) is 8.26. The van der Waals surface area contributed by atoms with Crippen molar-refractivity contribution in [2.24, 2.45) is 5.92 Å². The zero-order chi connectivity index (χ0) is 18.8. The van der Waals surface area contributed by atoms with Gasteiger partial charge in [0.2, 0.25) is 0 Å². The number of H-pyrrole nitrogens is 1. The number of carboxylic acid groups (broad SMARTS) is 1. The van der Waals surface area contributed by atoms with Crippen molar-refractivity contribution in [2.45, 2.75) is 25.3 Å². The minimum Gasteiger partial charge on any atom is -0.480 e. The molecule has 0 amide bonds. The molecule has 2 N–H and O–H groups in total. The molecule has 0 spiro atoms. The van der Waals surface area contributed by atoms with Crippen LogP contribution in [-0.4, -0.2) is 34.0 Å². The lowest BCUT2D eigenvalue weighted by molar-refractivity contribution is -0.144. The molecule has 5 heteroatoms. The van der Waals surface area contributed by atoms with E-state index in [9.17, 15) is 9.90 Å². The first-order valence-corrected chi connectivity index (χ1v) is 10.2. The predicted molar refractivity (Wildman–Crippen MR) is 111 cm³/mol. The molecule has 2 heterocycles. The molecule has 2 aromatic carbocycles. The van der Waals surface area contributed by atoms with Gasteiger partial charge in [-0.3, -0.25) is 9.69 Å². The topological polar surface area (TPSA) is 56.3 Å². The Balaban J connectivity index is 1.49. The Morgan fingerprint density at radius 2 is 1.93 bits per heavy atom. The lowest BCUT2D eigenvalue weighted by atomic mass is 9.89. The Labute approximate surface area is 167 Å². The number of hydrogen-bond acceptors (Lipinski definition) is 2. The van der Waals surface area contributed by atoms with E-state index in [2.05, 4.69) is 50.1 Å². The molecule has 27 heavy (non-hydrogen) atoms. The lowest BCUT2D eigenvalue weighted by Gasteiger charge is -2.35. The van der Waals surface area contributed by atoms with Gasteiger partial charge >= 0.3 is 5.97 Å². The molecule has 0 unspecified atom stereocenters. The standard InChI is InChI=1S/C22H23BrN2O2/c23-17-6-7-18-19(14-24-20(18)13-17)21(22(26)27)25-10-8-16(9-11-25)12-15-4-2-1-3-5-15/h1-7,13-14,16,21,24H,8-12H2,(H,26,27)/t21-/m1/s1. The maximum atomic E-state index is 12.1. The van der Waals surface area contributed by atoms with Crippen molar-refractivity contribution < 1.29 is 9.90 Å². The number of hydrogen-bond donors (Lipinski definition) is 2. The van der Waals surface area contributed by atoms with Crippen molar-refractivity contribution in [3.8, 4) is 0 Å². The largest absolute Gasteiger partial charge is 0.480 e. The number of carboxylic acids is 1. The Bertz CT molecular complexity index is 930. The summed E-state index contributed by atoms with van der Waals surface area (Å²) in [5, 5.41) is 10.9. The molecule has 1 aliphatic heterocycles. The van der Waals surface area contributed by atoms with E-state index in [1.165, 1.54) is 5.56 Å². The number of piperidine rings is 1. The van der Waals surface area contributed by atoms with Crippen LogP contribution in [0.4, 0.5) is 0 Å². The van der Waals surface area contributed by atoms with E-state index >= 15 is 0 Å². The van der Waals surface area contributed by atoms with Gasteiger partial charge in [0.15, 0.2) is 0 Å². The number of benzene rings is 2. The molecular weight excluding hydrogens is 404 g/mol. The first-order chi connectivity index (χ1) is 13.1. The van der Waals surface area contributed by atoms with E-state index in [0.717, 1.165) is 53.3 Å². The van der Waals surface area contributed by atoms with Crippen LogP contribution in [0.15, 0.2) is 59.2 Å². The first-order valence-electron chi connectivity index (χ1n) is 9.39. The van der Waals surface area contributed by atoms with Gasteiger partial charge < -0.3 is 10.1 Å². The third kappa shape index (κ3) is 3.94. The molecule has 1 saturated heterocycles. The molecular formula is C22H23BrN2O2. The number of rotatable bonds is 5. The maximum absolute atomic E-state index is 12.1. The fourth-order valence-electron chi connectivity index (χ4n) is 4.20. The molecule has 3 aromatic rings. The second kappa shape index (κ2) is 7.87. The molecule has 1 aliphatic rings. The summed E-state index contributed by atoms with van der Waals surface area (Å²) in [6.45, 7) is 1.63. The van der Waals surface area contributed by atoms with Gasteiger partial charge in [0.05, 0.1) is 0 Å². The van der Waals surface area contributed by atoms with Crippen LogP contribution in [0.25, 0.3) is 10.9 Å². The van der Waals surface area contributed by atoms with Gasteiger partial charge in [0.1, 0.15) is 6.04 Å². The molecule has 0 saturated carbocycles. The molecule has 0 radical (unpaired) electrons. The molecule has 1 fully saturated rings. The normalized spacial score (nSPS) is 17.2. The van der Waals surface area contributed by atoms with Crippen molar-refractivity contribution in [2.75, 3.05) is 13.1 Å². The van der Waals surface area contributed by atoms with Crippen LogP contribution in [0, 0.1) is 5.92 Å². The summed E-state index contributed by atoms with van der Waals surface area (Å²) in [4.78, 5) is 17.5. The van der Waals surface area contributed by atoms with Gasteiger partial charge in [-0.1, -0.05) is 52.3 Å². The number of aromatic nitrogens is 1. The zero-order valence-corrected chi connectivity index (χ0v) is 16.7. The van der Waals surface area contributed by atoms with E-state index in [1.54, 1.807) is 0 Å². The summed E-state index contributed by atoms with van der Waals surface area (Å²) in [7, 11) is 0. The summed E-state index contributed by atoms with van der Waals surface area (Å²) < 4.78 is 0.983. The van der Waals surface area contributed by atoms with Crippen molar-refractivity contribution in [1.29, 1.82) is 0 Å². The van der Waals surface area contributed by atoms with E-state index in [-0.39, 0.29) is 0 Å². The number of fused-ring (bicyclic) bond motifs is 1. The van der Waals surface area contributed by atoms with Gasteiger partial charge in [-0.15, -0.1) is 0 Å². The number of aromatic amines is 1. The Morgan fingerprint density at radius 3 is 2.63 bits per heavy atom. The minimum atomic E-state index is -0.777. The van der Waals surface area contributed by atoms with Gasteiger partial charge in [-0.2, -0.15) is 0 Å². The van der Waals surface area contributed by atoms with E-state index < -0.39 is 12.0 Å². The molecule has 1 aromatic heterocycles. The van der Waals surface area contributed by atoms with Crippen LogP contribution in [0.5, 0.6) is 0 Å². The van der Waals surface area contributed by atoms with Crippen molar-refractivity contribution >= 4 is 32.8 Å². The summed E-state index contributed by atoms with van der Waals surface area (Å²) in [6, 6.07) is 15.9. The van der Waals surface area contributed by atoms with Crippen LogP contribution in [0.1, 0.15) is 30.0 Å².